The maximum Gasteiger partial charge on any atom is 0.243 e. The number of nitrogens with one attached hydrogen (secondary N) is 2. The van der Waals surface area contributed by atoms with E-state index in [9.17, 15) is 14.4 Å². The highest BCUT2D eigenvalue weighted by Crippen LogP contribution is 2.20. The van der Waals surface area contributed by atoms with Crippen molar-refractivity contribution < 1.29 is 14.4 Å². The van der Waals surface area contributed by atoms with E-state index in [0.717, 1.165) is 38.3 Å². The molecule has 2 aromatic carbocycles. The van der Waals surface area contributed by atoms with Crippen LogP contribution in [-0.2, 0) is 20.8 Å². The standard InChI is InChI=1S/C26H32ClN5O3/c1-2-19-3-7-21(8-4-19)29-24(33)17-23-26(35)28-11-12-32(23)25(34)18-30-13-15-31(16-14-30)22-9-5-20(27)6-10-22/h3-10,23H,2,11-18H2,1H3,(H,28,35)(H,29,33). The fraction of sp³-hybridized carbons (Fsp3) is 0.423. The second-order valence-corrected chi connectivity index (χ2v) is 9.37. The highest BCUT2D eigenvalue weighted by molar-refractivity contribution is 6.30. The number of hydrogen-bond acceptors (Lipinski definition) is 5. The topological polar surface area (TPSA) is 85.0 Å². The molecule has 0 saturated carbocycles. The van der Waals surface area contributed by atoms with E-state index in [2.05, 4.69) is 27.4 Å². The lowest BCUT2D eigenvalue weighted by Gasteiger charge is -2.39. The number of benzene rings is 2. The third-order valence-corrected chi connectivity index (χ3v) is 6.85. The largest absolute Gasteiger partial charge is 0.369 e. The van der Waals surface area contributed by atoms with Gasteiger partial charge in [-0.1, -0.05) is 30.7 Å². The van der Waals surface area contributed by atoms with Gasteiger partial charge in [0, 0.05) is 55.7 Å². The number of anilines is 2. The van der Waals surface area contributed by atoms with Gasteiger partial charge in [0.15, 0.2) is 0 Å². The molecule has 2 N–H and O–H groups in total. The quantitative estimate of drug-likeness (QED) is 0.613. The number of nitrogens with zero attached hydrogens (tertiary/aromatic N) is 3. The number of carbonyl (C=O) groups is 3. The predicted octanol–water partition coefficient (Wildman–Crippen LogP) is 2.38. The van der Waals surface area contributed by atoms with Gasteiger partial charge in [-0.2, -0.15) is 0 Å². The molecule has 2 aliphatic rings. The summed E-state index contributed by atoms with van der Waals surface area (Å²) in [7, 11) is 0. The summed E-state index contributed by atoms with van der Waals surface area (Å²) in [6, 6.07) is 14.6. The van der Waals surface area contributed by atoms with E-state index in [1.165, 1.54) is 5.56 Å². The molecule has 2 heterocycles. The molecule has 1 unspecified atom stereocenters. The van der Waals surface area contributed by atoms with Gasteiger partial charge in [-0.15, -0.1) is 0 Å². The van der Waals surface area contributed by atoms with Crippen LogP contribution in [0.3, 0.4) is 0 Å². The number of hydrogen-bond donors (Lipinski definition) is 2. The Balaban J connectivity index is 1.31. The maximum absolute atomic E-state index is 13.2. The summed E-state index contributed by atoms with van der Waals surface area (Å²) in [5.74, 6) is -0.691. The van der Waals surface area contributed by atoms with Gasteiger partial charge >= 0.3 is 0 Å². The first-order valence-electron chi connectivity index (χ1n) is 12.1. The first-order valence-corrected chi connectivity index (χ1v) is 12.5. The van der Waals surface area contributed by atoms with Crippen molar-refractivity contribution in [3.8, 4) is 0 Å². The molecule has 2 aromatic rings. The van der Waals surface area contributed by atoms with Crippen LogP contribution in [0.15, 0.2) is 48.5 Å². The summed E-state index contributed by atoms with van der Waals surface area (Å²) in [5.41, 5.74) is 2.98. The van der Waals surface area contributed by atoms with Crippen molar-refractivity contribution in [2.75, 3.05) is 56.0 Å². The third-order valence-electron chi connectivity index (χ3n) is 6.60. The normalized spacial score (nSPS) is 18.8. The van der Waals surface area contributed by atoms with E-state index in [4.69, 9.17) is 11.6 Å². The molecule has 0 aromatic heterocycles. The smallest absolute Gasteiger partial charge is 0.243 e. The molecule has 0 radical (unpaired) electrons. The van der Waals surface area contributed by atoms with Crippen LogP contribution in [-0.4, -0.2) is 79.4 Å². The van der Waals surface area contributed by atoms with Gasteiger partial charge < -0.3 is 20.4 Å². The van der Waals surface area contributed by atoms with Crippen LogP contribution in [0.2, 0.25) is 5.02 Å². The lowest BCUT2D eigenvalue weighted by atomic mass is 10.1. The number of halogens is 1. The predicted molar refractivity (Wildman–Crippen MR) is 138 cm³/mol. The van der Waals surface area contributed by atoms with Crippen LogP contribution in [0, 0.1) is 0 Å². The van der Waals surface area contributed by atoms with Gasteiger partial charge in [0.25, 0.3) is 0 Å². The summed E-state index contributed by atoms with van der Waals surface area (Å²) in [6.45, 7) is 6.19. The third kappa shape index (κ3) is 6.52. The van der Waals surface area contributed by atoms with Crippen molar-refractivity contribution in [3.63, 3.8) is 0 Å². The van der Waals surface area contributed by atoms with E-state index >= 15 is 0 Å². The Kier molecular flexibility index (Phi) is 8.25. The lowest BCUT2D eigenvalue weighted by molar-refractivity contribution is -0.145. The zero-order valence-corrected chi connectivity index (χ0v) is 20.8. The Morgan fingerprint density at radius 1 is 1.00 bits per heavy atom. The molecule has 2 aliphatic heterocycles. The van der Waals surface area contributed by atoms with E-state index < -0.39 is 6.04 Å². The monoisotopic (exact) mass is 497 g/mol. The first kappa shape index (κ1) is 25.0. The van der Waals surface area contributed by atoms with Gasteiger partial charge in [0.1, 0.15) is 6.04 Å². The summed E-state index contributed by atoms with van der Waals surface area (Å²) >= 11 is 5.99. The lowest BCUT2D eigenvalue weighted by Crippen LogP contribution is -2.60. The molecule has 0 bridgehead atoms. The van der Waals surface area contributed by atoms with Crippen LogP contribution >= 0.6 is 11.6 Å². The molecule has 2 saturated heterocycles. The van der Waals surface area contributed by atoms with Crippen molar-refractivity contribution in [2.24, 2.45) is 0 Å². The Bertz CT molecular complexity index is 1040. The van der Waals surface area contributed by atoms with Crippen LogP contribution in [0.4, 0.5) is 11.4 Å². The SMILES string of the molecule is CCc1ccc(NC(=O)CC2C(=O)NCCN2C(=O)CN2CCN(c3ccc(Cl)cc3)CC2)cc1. The minimum absolute atomic E-state index is 0.0720. The summed E-state index contributed by atoms with van der Waals surface area (Å²) in [4.78, 5) is 44.4. The summed E-state index contributed by atoms with van der Waals surface area (Å²) in [5, 5.41) is 6.34. The van der Waals surface area contributed by atoms with Crippen molar-refractivity contribution in [2.45, 2.75) is 25.8 Å². The van der Waals surface area contributed by atoms with Gasteiger partial charge in [-0.25, -0.2) is 0 Å². The highest BCUT2D eigenvalue weighted by Gasteiger charge is 2.35. The molecule has 4 rings (SSSR count). The zero-order valence-electron chi connectivity index (χ0n) is 20.0. The molecule has 0 spiro atoms. The number of piperazine rings is 2. The fourth-order valence-electron chi connectivity index (χ4n) is 4.53. The zero-order chi connectivity index (χ0) is 24.8. The molecule has 0 aliphatic carbocycles. The minimum Gasteiger partial charge on any atom is -0.369 e. The van der Waals surface area contributed by atoms with Gasteiger partial charge in [0.05, 0.1) is 13.0 Å². The maximum atomic E-state index is 13.2. The molecular weight excluding hydrogens is 466 g/mol. The Labute approximate surface area is 211 Å². The highest BCUT2D eigenvalue weighted by atomic mass is 35.5. The number of rotatable bonds is 7. The molecule has 186 valence electrons. The van der Waals surface area contributed by atoms with Crippen molar-refractivity contribution >= 4 is 40.7 Å². The molecule has 8 nitrogen and oxygen atoms in total. The van der Waals surface area contributed by atoms with E-state index in [1.54, 1.807) is 4.90 Å². The van der Waals surface area contributed by atoms with Crippen molar-refractivity contribution in [3.05, 3.63) is 59.1 Å². The second kappa shape index (κ2) is 11.6. The molecule has 9 heteroatoms. The van der Waals surface area contributed by atoms with Crippen LogP contribution in [0.1, 0.15) is 18.9 Å². The van der Waals surface area contributed by atoms with E-state index in [-0.39, 0.29) is 30.7 Å². The number of carbonyl (C=O) groups excluding carboxylic acids is 3. The molecule has 1 atom stereocenters. The number of aryl methyl sites for hydroxylation is 1. The average molecular weight is 498 g/mol. The van der Waals surface area contributed by atoms with E-state index in [0.29, 0.717) is 23.8 Å². The van der Waals surface area contributed by atoms with Crippen molar-refractivity contribution in [1.82, 2.24) is 15.1 Å². The average Bonchev–Trinajstić information content (AvgIpc) is 2.86. The minimum atomic E-state index is -0.804. The number of amides is 3. The molecule has 35 heavy (non-hydrogen) atoms. The molecule has 3 amide bonds. The first-order chi connectivity index (χ1) is 16.9. The van der Waals surface area contributed by atoms with Crippen LogP contribution in [0.5, 0.6) is 0 Å². The fourth-order valence-corrected chi connectivity index (χ4v) is 4.65. The van der Waals surface area contributed by atoms with Crippen molar-refractivity contribution in [1.29, 1.82) is 0 Å². The van der Waals surface area contributed by atoms with Gasteiger partial charge in [-0.3, -0.25) is 19.3 Å². The van der Waals surface area contributed by atoms with Crippen LogP contribution < -0.4 is 15.5 Å². The molecule has 2 fully saturated rings. The van der Waals surface area contributed by atoms with Gasteiger partial charge in [-0.05, 0) is 48.4 Å². The Morgan fingerprint density at radius 3 is 2.34 bits per heavy atom. The Morgan fingerprint density at radius 2 is 1.69 bits per heavy atom. The molecular formula is C26H32ClN5O3. The van der Waals surface area contributed by atoms with Crippen LogP contribution in [0.25, 0.3) is 0 Å². The Hall–Kier alpha value is -3.10. The summed E-state index contributed by atoms with van der Waals surface area (Å²) < 4.78 is 0. The van der Waals surface area contributed by atoms with E-state index in [1.807, 2.05) is 48.5 Å². The summed E-state index contributed by atoms with van der Waals surface area (Å²) in [6.07, 6.45) is 0.848. The second-order valence-electron chi connectivity index (χ2n) is 8.94. The van der Waals surface area contributed by atoms with Gasteiger partial charge in [0.2, 0.25) is 17.7 Å².